The van der Waals surface area contributed by atoms with E-state index < -0.39 is 0 Å². The summed E-state index contributed by atoms with van der Waals surface area (Å²) in [6.07, 6.45) is 5.21. The Morgan fingerprint density at radius 3 is 2.79 bits per heavy atom. The molecule has 1 aromatic rings. The minimum Gasteiger partial charge on any atom is -0.331 e. The van der Waals surface area contributed by atoms with Crippen LogP contribution in [-0.2, 0) is 0 Å². The van der Waals surface area contributed by atoms with Crippen molar-refractivity contribution >= 4 is 0 Å². The van der Waals surface area contributed by atoms with Gasteiger partial charge in [0.1, 0.15) is 0 Å². The molecule has 1 aliphatic carbocycles. The van der Waals surface area contributed by atoms with Crippen LogP contribution in [0.15, 0.2) is 24.5 Å². The fourth-order valence-corrected chi connectivity index (χ4v) is 2.16. The minimum absolute atomic E-state index is 0.779. The van der Waals surface area contributed by atoms with Gasteiger partial charge in [-0.3, -0.25) is 4.98 Å². The molecule has 0 aromatic carbocycles. The Bertz CT molecular complexity index is 300. The van der Waals surface area contributed by atoms with Crippen molar-refractivity contribution in [3.05, 3.63) is 30.1 Å². The lowest BCUT2D eigenvalue weighted by molar-refractivity contribution is -0.872. The van der Waals surface area contributed by atoms with E-state index in [0.717, 1.165) is 16.3 Å². The van der Waals surface area contributed by atoms with Gasteiger partial charge in [0.25, 0.3) is 0 Å². The summed E-state index contributed by atoms with van der Waals surface area (Å²) in [7, 11) is 6.79. The molecule has 1 heterocycles. The first-order valence-corrected chi connectivity index (χ1v) is 5.27. The van der Waals surface area contributed by atoms with E-state index in [1.807, 2.05) is 18.5 Å². The molecule has 2 heteroatoms. The van der Waals surface area contributed by atoms with Gasteiger partial charge in [-0.05, 0) is 24.0 Å². The zero-order chi connectivity index (χ0) is 10.2. The van der Waals surface area contributed by atoms with Crippen LogP contribution < -0.4 is 0 Å². The summed E-state index contributed by atoms with van der Waals surface area (Å²) in [5, 5.41) is 0. The summed E-state index contributed by atoms with van der Waals surface area (Å²) in [6, 6.07) is 4.24. The molecule has 2 nitrogen and oxygen atoms in total. The molecule has 0 unspecified atom stereocenters. The number of rotatable bonds is 3. The van der Waals surface area contributed by atoms with E-state index in [0.29, 0.717) is 0 Å². The first-order valence-electron chi connectivity index (χ1n) is 5.27. The Hall–Kier alpha value is -0.890. The Labute approximate surface area is 86.2 Å². The lowest BCUT2D eigenvalue weighted by Gasteiger charge is -2.23. The Morgan fingerprint density at radius 2 is 2.21 bits per heavy atom. The van der Waals surface area contributed by atoms with Gasteiger partial charge in [-0.25, -0.2) is 0 Å². The van der Waals surface area contributed by atoms with Crippen molar-refractivity contribution in [3.8, 4) is 0 Å². The fourth-order valence-electron chi connectivity index (χ4n) is 2.16. The van der Waals surface area contributed by atoms with E-state index in [-0.39, 0.29) is 0 Å². The average Bonchev–Trinajstić information content (AvgIpc) is 2.82. The summed E-state index contributed by atoms with van der Waals surface area (Å²) in [5.41, 5.74) is 1.42. The Morgan fingerprint density at radius 1 is 1.43 bits per heavy atom. The molecule has 2 rings (SSSR count). The van der Waals surface area contributed by atoms with E-state index in [9.17, 15) is 0 Å². The Kier molecular flexibility index (Phi) is 2.31. The normalized spacial score (nSPS) is 26.2. The van der Waals surface area contributed by atoms with Crippen LogP contribution >= 0.6 is 0 Å². The van der Waals surface area contributed by atoms with E-state index in [1.165, 1.54) is 18.5 Å². The molecule has 1 aromatic heterocycles. The zero-order valence-corrected chi connectivity index (χ0v) is 9.27. The number of nitrogens with zero attached hydrogens (tertiary/aromatic N) is 2. The Balaban J connectivity index is 1.94. The van der Waals surface area contributed by atoms with Crippen molar-refractivity contribution in [3.63, 3.8) is 0 Å². The highest BCUT2D eigenvalue weighted by molar-refractivity contribution is 5.22. The highest BCUT2D eigenvalue weighted by Gasteiger charge is 2.41. The van der Waals surface area contributed by atoms with Crippen molar-refractivity contribution in [2.45, 2.75) is 12.3 Å². The van der Waals surface area contributed by atoms with Gasteiger partial charge < -0.3 is 4.48 Å². The summed E-state index contributed by atoms with van der Waals surface area (Å²) in [6.45, 7) is 1.28. The monoisotopic (exact) mass is 191 g/mol. The number of pyridine rings is 1. The van der Waals surface area contributed by atoms with Crippen molar-refractivity contribution < 1.29 is 4.48 Å². The molecule has 76 valence electrons. The van der Waals surface area contributed by atoms with Crippen LogP contribution in [0, 0.1) is 5.92 Å². The third-order valence-corrected chi connectivity index (χ3v) is 2.82. The van der Waals surface area contributed by atoms with Crippen LogP contribution in [0.4, 0.5) is 0 Å². The fraction of sp³-hybridized carbons (Fsp3) is 0.583. The predicted octanol–water partition coefficient (Wildman–Crippen LogP) is 1.89. The average molecular weight is 191 g/mol. The van der Waals surface area contributed by atoms with Crippen LogP contribution in [0.1, 0.15) is 17.9 Å². The van der Waals surface area contributed by atoms with E-state index in [4.69, 9.17) is 0 Å². The van der Waals surface area contributed by atoms with E-state index in [2.05, 4.69) is 32.2 Å². The third kappa shape index (κ3) is 2.32. The molecule has 0 spiro atoms. The molecular weight excluding hydrogens is 172 g/mol. The molecule has 1 saturated carbocycles. The standard InChI is InChI=1S/C12H19N2/c1-14(2,3)9-11-7-12(11)10-5-4-6-13-8-10/h4-6,8,11-12H,7,9H2,1-3H3/q+1/t11-,12-/m0/s1. The summed E-state index contributed by atoms with van der Waals surface area (Å²) in [4.78, 5) is 4.17. The van der Waals surface area contributed by atoms with Crippen LogP contribution in [0.5, 0.6) is 0 Å². The predicted molar refractivity (Wildman–Crippen MR) is 58.0 cm³/mol. The molecule has 0 aliphatic heterocycles. The van der Waals surface area contributed by atoms with E-state index in [1.54, 1.807) is 0 Å². The third-order valence-electron chi connectivity index (χ3n) is 2.82. The summed E-state index contributed by atoms with van der Waals surface area (Å²) in [5.74, 6) is 1.65. The van der Waals surface area contributed by atoms with Gasteiger partial charge in [0.05, 0.1) is 27.7 Å². The summed E-state index contributed by atoms with van der Waals surface area (Å²) < 4.78 is 1.07. The second kappa shape index (κ2) is 3.35. The van der Waals surface area contributed by atoms with Crippen LogP contribution in [0.2, 0.25) is 0 Å². The number of hydrogen-bond donors (Lipinski definition) is 0. The first kappa shape index (κ1) is 9.66. The quantitative estimate of drug-likeness (QED) is 0.665. The van der Waals surface area contributed by atoms with Gasteiger partial charge in [0.2, 0.25) is 0 Å². The lowest BCUT2D eigenvalue weighted by Crippen LogP contribution is -2.36. The van der Waals surface area contributed by atoms with Gasteiger partial charge >= 0.3 is 0 Å². The minimum atomic E-state index is 0.779. The second-order valence-corrected chi connectivity index (χ2v) is 5.36. The SMILES string of the molecule is C[N+](C)(C)C[C@@H]1C[C@H]1c1cccnc1. The maximum absolute atomic E-state index is 4.17. The van der Waals surface area contributed by atoms with Gasteiger partial charge in [-0.1, -0.05) is 6.07 Å². The number of quaternary nitrogens is 1. The smallest absolute Gasteiger partial charge is 0.0815 e. The largest absolute Gasteiger partial charge is 0.331 e. The lowest BCUT2D eigenvalue weighted by atomic mass is 10.1. The van der Waals surface area contributed by atoms with Crippen LogP contribution in [0.3, 0.4) is 0 Å². The van der Waals surface area contributed by atoms with Crippen LogP contribution in [-0.4, -0.2) is 37.2 Å². The molecule has 14 heavy (non-hydrogen) atoms. The molecule has 2 atom stereocenters. The van der Waals surface area contributed by atoms with Crippen molar-refractivity contribution in [1.82, 2.24) is 4.98 Å². The molecule has 1 aliphatic rings. The topological polar surface area (TPSA) is 12.9 Å². The van der Waals surface area contributed by atoms with Gasteiger partial charge in [-0.15, -0.1) is 0 Å². The maximum Gasteiger partial charge on any atom is 0.0815 e. The summed E-state index contributed by atoms with van der Waals surface area (Å²) >= 11 is 0. The molecule has 1 fully saturated rings. The second-order valence-electron chi connectivity index (χ2n) is 5.36. The highest BCUT2D eigenvalue weighted by Crippen LogP contribution is 2.47. The highest BCUT2D eigenvalue weighted by atomic mass is 15.3. The molecule has 0 radical (unpaired) electrons. The molecule has 0 bridgehead atoms. The van der Waals surface area contributed by atoms with Crippen LogP contribution in [0.25, 0.3) is 0 Å². The molecular formula is C12H19N2+. The first-order chi connectivity index (χ1) is 6.56. The van der Waals surface area contributed by atoms with Gasteiger partial charge in [0, 0.05) is 18.3 Å². The number of aromatic nitrogens is 1. The van der Waals surface area contributed by atoms with Crippen molar-refractivity contribution in [2.24, 2.45) is 5.92 Å². The maximum atomic E-state index is 4.17. The molecule has 0 N–H and O–H groups in total. The van der Waals surface area contributed by atoms with E-state index >= 15 is 0 Å². The number of hydrogen-bond acceptors (Lipinski definition) is 1. The van der Waals surface area contributed by atoms with Gasteiger partial charge in [-0.2, -0.15) is 0 Å². The van der Waals surface area contributed by atoms with Gasteiger partial charge in [0.15, 0.2) is 0 Å². The zero-order valence-electron chi connectivity index (χ0n) is 9.27. The molecule has 0 amide bonds. The van der Waals surface area contributed by atoms with Crippen molar-refractivity contribution in [1.29, 1.82) is 0 Å². The molecule has 0 saturated heterocycles. The van der Waals surface area contributed by atoms with Crippen molar-refractivity contribution in [2.75, 3.05) is 27.7 Å².